The molecule has 0 radical (unpaired) electrons. The quantitative estimate of drug-likeness (QED) is 0.684. The first-order valence-electron chi connectivity index (χ1n) is 4.34. The van der Waals surface area contributed by atoms with Gasteiger partial charge in [0.05, 0.1) is 11.3 Å². The lowest BCUT2D eigenvalue weighted by Crippen LogP contribution is -2.36. The molecule has 0 fully saturated rings. The van der Waals surface area contributed by atoms with Gasteiger partial charge in [-0.1, -0.05) is 6.07 Å². The summed E-state index contributed by atoms with van der Waals surface area (Å²) in [5.74, 6) is 0. The fourth-order valence-electron chi connectivity index (χ4n) is 0.965. The average Bonchev–Trinajstić information content (AvgIpc) is 2.25. The molecule has 88 valence electrons. The Morgan fingerprint density at radius 3 is 2.56 bits per heavy atom. The summed E-state index contributed by atoms with van der Waals surface area (Å²) < 4.78 is 36.9. The second-order valence-electron chi connectivity index (χ2n) is 2.91. The zero-order valence-electron chi connectivity index (χ0n) is 8.35. The maximum Gasteiger partial charge on any atom is 0.416 e. The van der Waals surface area contributed by atoms with Gasteiger partial charge in [0, 0.05) is 7.05 Å². The van der Waals surface area contributed by atoms with E-state index in [1.165, 1.54) is 19.2 Å². The maximum atomic E-state index is 12.3. The molecule has 0 aromatic heterocycles. The van der Waals surface area contributed by atoms with Crippen LogP contribution in [0, 0.1) is 0 Å². The fraction of sp³-hybridized carbons (Fsp3) is 0.222. The molecular formula is C9H10F3N3O. The van der Waals surface area contributed by atoms with E-state index in [-0.39, 0.29) is 5.69 Å². The molecule has 0 aliphatic carbocycles. The number of nitrogens with one attached hydrogen (secondary N) is 3. The standard InChI is InChI=1S/C9H10F3N3O/c1-13-8(16)15-14-7-4-2-3-6(5-7)9(10,11)12/h2-5,14H,1H3,(H2,13,15,16). The number of rotatable bonds is 2. The lowest BCUT2D eigenvalue weighted by molar-refractivity contribution is -0.137. The summed E-state index contributed by atoms with van der Waals surface area (Å²) in [4.78, 5) is 10.8. The van der Waals surface area contributed by atoms with Crippen molar-refractivity contribution in [3.05, 3.63) is 29.8 Å². The number of hydrazine groups is 1. The molecule has 16 heavy (non-hydrogen) atoms. The monoisotopic (exact) mass is 233 g/mol. The Morgan fingerprint density at radius 2 is 2.00 bits per heavy atom. The predicted octanol–water partition coefficient (Wildman–Crippen LogP) is 1.96. The third kappa shape index (κ3) is 3.34. The van der Waals surface area contributed by atoms with Gasteiger partial charge in [0.15, 0.2) is 0 Å². The molecule has 0 unspecified atom stereocenters. The van der Waals surface area contributed by atoms with E-state index in [0.29, 0.717) is 0 Å². The molecule has 0 saturated heterocycles. The highest BCUT2D eigenvalue weighted by molar-refractivity contribution is 5.75. The number of urea groups is 1. The number of hydrogen-bond donors (Lipinski definition) is 3. The number of carbonyl (C=O) groups is 1. The van der Waals surface area contributed by atoms with Crippen LogP contribution in [-0.4, -0.2) is 13.1 Å². The number of alkyl halides is 3. The molecule has 1 aromatic rings. The fourth-order valence-corrected chi connectivity index (χ4v) is 0.965. The Hall–Kier alpha value is -1.92. The summed E-state index contributed by atoms with van der Waals surface area (Å²) in [5.41, 5.74) is 3.88. The van der Waals surface area contributed by atoms with E-state index >= 15 is 0 Å². The lowest BCUT2D eigenvalue weighted by Gasteiger charge is -2.11. The van der Waals surface area contributed by atoms with Crippen molar-refractivity contribution in [2.75, 3.05) is 12.5 Å². The molecule has 0 saturated carbocycles. The molecule has 1 aromatic carbocycles. The van der Waals surface area contributed by atoms with Crippen LogP contribution in [0.3, 0.4) is 0 Å². The Kier molecular flexibility index (Phi) is 3.60. The van der Waals surface area contributed by atoms with Gasteiger partial charge in [-0.25, -0.2) is 4.79 Å². The molecule has 3 N–H and O–H groups in total. The van der Waals surface area contributed by atoms with Gasteiger partial charge >= 0.3 is 12.2 Å². The van der Waals surface area contributed by atoms with Crippen LogP contribution in [-0.2, 0) is 6.18 Å². The van der Waals surface area contributed by atoms with Gasteiger partial charge in [0.2, 0.25) is 0 Å². The van der Waals surface area contributed by atoms with Gasteiger partial charge in [-0.05, 0) is 18.2 Å². The molecule has 0 aliphatic rings. The highest BCUT2D eigenvalue weighted by Gasteiger charge is 2.30. The van der Waals surface area contributed by atoms with Crippen molar-refractivity contribution in [3.8, 4) is 0 Å². The van der Waals surface area contributed by atoms with E-state index in [9.17, 15) is 18.0 Å². The van der Waals surface area contributed by atoms with Crippen LogP contribution < -0.4 is 16.2 Å². The minimum absolute atomic E-state index is 0.151. The molecule has 4 nitrogen and oxygen atoms in total. The van der Waals surface area contributed by atoms with E-state index in [2.05, 4.69) is 16.2 Å². The zero-order chi connectivity index (χ0) is 12.2. The summed E-state index contributed by atoms with van der Waals surface area (Å²) in [6.45, 7) is 0. The Morgan fingerprint density at radius 1 is 1.31 bits per heavy atom. The molecule has 0 bridgehead atoms. The van der Waals surface area contributed by atoms with Crippen LogP contribution in [0.25, 0.3) is 0 Å². The number of benzene rings is 1. The van der Waals surface area contributed by atoms with Gasteiger partial charge in [-0.2, -0.15) is 13.2 Å². The third-order valence-corrected chi connectivity index (χ3v) is 1.74. The van der Waals surface area contributed by atoms with Gasteiger partial charge in [-0.15, -0.1) is 0 Å². The molecule has 0 heterocycles. The summed E-state index contributed by atoms with van der Waals surface area (Å²) in [6.07, 6.45) is -4.40. The van der Waals surface area contributed by atoms with Gasteiger partial charge in [0.1, 0.15) is 0 Å². The number of amides is 2. The summed E-state index contributed by atoms with van der Waals surface area (Å²) in [6, 6.07) is 3.96. The van der Waals surface area contributed by atoms with Crippen LogP contribution in [0.4, 0.5) is 23.7 Å². The molecule has 0 spiro atoms. The van der Waals surface area contributed by atoms with Gasteiger partial charge < -0.3 is 5.32 Å². The third-order valence-electron chi connectivity index (χ3n) is 1.74. The molecular weight excluding hydrogens is 223 g/mol. The van der Waals surface area contributed by atoms with Crippen LogP contribution in [0.1, 0.15) is 5.56 Å². The molecule has 1 rings (SSSR count). The second-order valence-corrected chi connectivity index (χ2v) is 2.91. The minimum atomic E-state index is -4.40. The van der Waals surface area contributed by atoms with Gasteiger partial charge in [-0.3, -0.25) is 10.9 Å². The highest BCUT2D eigenvalue weighted by atomic mass is 19.4. The topological polar surface area (TPSA) is 53.2 Å². The number of anilines is 1. The molecule has 2 amide bonds. The average molecular weight is 233 g/mol. The summed E-state index contributed by atoms with van der Waals surface area (Å²) in [7, 11) is 1.39. The molecule has 0 aliphatic heterocycles. The predicted molar refractivity (Wildman–Crippen MR) is 52.7 cm³/mol. The van der Waals surface area contributed by atoms with Crippen molar-refractivity contribution >= 4 is 11.7 Å². The van der Waals surface area contributed by atoms with E-state index in [0.717, 1.165) is 12.1 Å². The number of hydrogen-bond acceptors (Lipinski definition) is 2. The van der Waals surface area contributed by atoms with Crippen LogP contribution in [0.2, 0.25) is 0 Å². The Labute approximate surface area is 89.8 Å². The Balaban J connectivity index is 2.72. The Bertz CT molecular complexity index is 379. The minimum Gasteiger partial charge on any atom is -0.340 e. The van der Waals surface area contributed by atoms with Crippen LogP contribution >= 0.6 is 0 Å². The molecule has 7 heteroatoms. The second kappa shape index (κ2) is 4.73. The van der Waals surface area contributed by atoms with Crippen molar-refractivity contribution in [2.24, 2.45) is 0 Å². The number of carbonyl (C=O) groups excluding carboxylic acids is 1. The van der Waals surface area contributed by atoms with Crippen molar-refractivity contribution in [1.82, 2.24) is 10.7 Å². The van der Waals surface area contributed by atoms with Crippen molar-refractivity contribution in [3.63, 3.8) is 0 Å². The van der Waals surface area contributed by atoms with Crippen LogP contribution in [0.5, 0.6) is 0 Å². The van der Waals surface area contributed by atoms with Crippen molar-refractivity contribution in [1.29, 1.82) is 0 Å². The largest absolute Gasteiger partial charge is 0.416 e. The molecule has 0 atom stereocenters. The van der Waals surface area contributed by atoms with Crippen molar-refractivity contribution in [2.45, 2.75) is 6.18 Å². The first kappa shape index (κ1) is 12.2. The normalized spacial score (nSPS) is 10.8. The van der Waals surface area contributed by atoms with Gasteiger partial charge in [0.25, 0.3) is 0 Å². The van der Waals surface area contributed by atoms with E-state index in [1.54, 1.807) is 0 Å². The summed E-state index contributed by atoms with van der Waals surface area (Å²) in [5, 5.41) is 2.25. The van der Waals surface area contributed by atoms with E-state index in [4.69, 9.17) is 0 Å². The smallest absolute Gasteiger partial charge is 0.340 e. The maximum absolute atomic E-state index is 12.3. The van der Waals surface area contributed by atoms with E-state index in [1.807, 2.05) is 0 Å². The first-order chi connectivity index (χ1) is 7.43. The van der Waals surface area contributed by atoms with E-state index < -0.39 is 17.8 Å². The van der Waals surface area contributed by atoms with Crippen molar-refractivity contribution < 1.29 is 18.0 Å². The highest BCUT2D eigenvalue weighted by Crippen LogP contribution is 2.30. The SMILES string of the molecule is CNC(=O)NNc1cccc(C(F)(F)F)c1. The zero-order valence-corrected chi connectivity index (χ0v) is 8.35. The summed E-state index contributed by atoms with van der Waals surface area (Å²) >= 11 is 0. The first-order valence-corrected chi connectivity index (χ1v) is 4.34. The number of halogens is 3. The van der Waals surface area contributed by atoms with Crippen LogP contribution in [0.15, 0.2) is 24.3 Å². The lowest BCUT2D eigenvalue weighted by atomic mass is 10.2.